The van der Waals surface area contributed by atoms with E-state index in [-0.39, 0.29) is 18.9 Å². The van der Waals surface area contributed by atoms with Gasteiger partial charge in [0.1, 0.15) is 0 Å². The van der Waals surface area contributed by atoms with Crippen molar-refractivity contribution in [3.63, 3.8) is 0 Å². The Morgan fingerprint density at radius 3 is 1.79 bits per heavy atom. The summed E-state index contributed by atoms with van der Waals surface area (Å²) in [6.07, 6.45) is -11.5. The standard InChI is InChI=1S/C14H17F6NO3/c1-22-6-7-23-8-9-24-12(13(15,16)17,14(18,19)20)10-2-4-11(21)5-3-10/h2-5H,6-9,21H2,1H3. The molecule has 0 bridgehead atoms. The van der Waals surface area contributed by atoms with Crippen molar-refractivity contribution in [1.82, 2.24) is 0 Å². The van der Waals surface area contributed by atoms with Crippen LogP contribution >= 0.6 is 0 Å². The van der Waals surface area contributed by atoms with E-state index in [0.29, 0.717) is 12.1 Å². The Labute approximate surface area is 134 Å². The second-order valence-corrected chi connectivity index (χ2v) is 4.75. The smallest absolute Gasteiger partial charge is 0.399 e. The first-order chi connectivity index (χ1) is 11.1. The largest absolute Gasteiger partial charge is 0.430 e. The molecule has 0 amide bonds. The highest BCUT2D eigenvalue weighted by atomic mass is 19.4. The Bertz CT molecular complexity index is 487. The van der Waals surface area contributed by atoms with Crippen molar-refractivity contribution in [2.24, 2.45) is 0 Å². The maximum Gasteiger partial charge on any atom is 0.430 e. The molecule has 1 aromatic rings. The number of halogens is 6. The van der Waals surface area contributed by atoms with Crippen LogP contribution in [0.4, 0.5) is 32.0 Å². The summed E-state index contributed by atoms with van der Waals surface area (Å²) in [4.78, 5) is 0. The molecule has 1 aromatic carbocycles. The van der Waals surface area contributed by atoms with Crippen LogP contribution in [0.25, 0.3) is 0 Å². The fraction of sp³-hybridized carbons (Fsp3) is 0.571. The lowest BCUT2D eigenvalue weighted by atomic mass is 9.91. The Hall–Kier alpha value is -1.52. The zero-order valence-corrected chi connectivity index (χ0v) is 12.7. The number of rotatable bonds is 8. The van der Waals surface area contributed by atoms with Crippen LogP contribution in [0.5, 0.6) is 0 Å². The van der Waals surface area contributed by atoms with E-state index in [2.05, 4.69) is 9.47 Å². The molecule has 0 unspecified atom stereocenters. The van der Waals surface area contributed by atoms with Crippen LogP contribution in [0.3, 0.4) is 0 Å². The van der Waals surface area contributed by atoms with Gasteiger partial charge in [0.15, 0.2) is 0 Å². The lowest BCUT2D eigenvalue weighted by Gasteiger charge is -2.37. The number of alkyl halides is 6. The zero-order valence-electron chi connectivity index (χ0n) is 12.7. The Morgan fingerprint density at radius 2 is 1.33 bits per heavy atom. The fourth-order valence-electron chi connectivity index (χ4n) is 1.95. The first-order valence-corrected chi connectivity index (χ1v) is 6.76. The molecular weight excluding hydrogens is 344 g/mol. The predicted octanol–water partition coefficient (Wildman–Crippen LogP) is 3.27. The summed E-state index contributed by atoms with van der Waals surface area (Å²) in [6, 6.07) is 3.17. The Morgan fingerprint density at radius 1 is 0.833 bits per heavy atom. The maximum atomic E-state index is 13.4. The van der Waals surface area contributed by atoms with Crippen molar-refractivity contribution in [2.45, 2.75) is 18.0 Å². The molecule has 10 heteroatoms. The molecule has 0 atom stereocenters. The minimum absolute atomic E-state index is 0.0206. The van der Waals surface area contributed by atoms with Gasteiger partial charge in [-0.15, -0.1) is 0 Å². The van der Waals surface area contributed by atoms with Crippen LogP contribution < -0.4 is 5.73 Å². The summed E-state index contributed by atoms with van der Waals surface area (Å²) in [5.74, 6) is 0. The van der Waals surface area contributed by atoms with E-state index < -0.39 is 36.7 Å². The van der Waals surface area contributed by atoms with Gasteiger partial charge >= 0.3 is 12.4 Å². The summed E-state index contributed by atoms with van der Waals surface area (Å²) in [5.41, 5.74) is -0.214. The molecule has 138 valence electrons. The van der Waals surface area contributed by atoms with Crippen LogP contribution in [-0.4, -0.2) is 45.9 Å². The first-order valence-electron chi connectivity index (χ1n) is 6.76. The van der Waals surface area contributed by atoms with Gasteiger partial charge in [0, 0.05) is 18.4 Å². The second kappa shape index (κ2) is 8.04. The average molecular weight is 361 g/mol. The van der Waals surface area contributed by atoms with Gasteiger partial charge in [-0.1, -0.05) is 12.1 Å². The van der Waals surface area contributed by atoms with Crippen LogP contribution in [0, 0.1) is 0 Å². The number of methoxy groups -OCH3 is 1. The van der Waals surface area contributed by atoms with Crippen molar-refractivity contribution in [3.05, 3.63) is 29.8 Å². The Kier molecular flexibility index (Phi) is 6.87. The number of nitrogens with two attached hydrogens (primary N) is 1. The van der Waals surface area contributed by atoms with Gasteiger partial charge in [-0.05, 0) is 12.1 Å². The van der Waals surface area contributed by atoms with E-state index in [1.807, 2.05) is 0 Å². The van der Waals surface area contributed by atoms with Gasteiger partial charge in [-0.2, -0.15) is 26.3 Å². The molecule has 2 N–H and O–H groups in total. The van der Waals surface area contributed by atoms with E-state index in [1.165, 1.54) is 7.11 Å². The van der Waals surface area contributed by atoms with Crippen molar-refractivity contribution >= 4 is 5.69 Å². The number of hydrogen-bond donors (Lipinski definition) is 1. The zero-order chi connectivity index (χ0) is 18.4. The van der Waals surface area contributed by atoms with Gasteiger partial charge in [0.25, 0.3) is 5.60 Å². The van der Waals surface area contributed by atoms with Gasteiger partial charge in [-0.3, -0.25) is 0 Å². The molecule has 0 heterocycles. The molecule has 0 spiro atoms. The highest BCUT2D eigenvalue weighted by molar-refractivity contribution is 5.42. The lowest BCUT2D eigenvalue weighted by Crippen LogP contribution is -2.56. The van der Waals surface area contributed by atoms with Crippen molar-refractivity contribution in [1.29, 1.82) is 0 Å². The minimum atomic E-state index is -5.73. The molecule has 1 rings (SSSR count). The van der Waals surface area contributed by atoms with Crippen molar-refractivity contribution in [2.75, 3.05) is 39.3 Å². The topological polar surface area (TPSA) is 53.7 Å². The van der Waals surface area contributed by atoms with Crippen LogP contribution in [0.1, 0.15) is 5.56 Å². The number of anilines is 1. The number of ether oxygens (including phenoxy) is 3. The SMILES string of the molecule is COCCOCCOC(c1ccc(N)cc1)(C(F)(F)F)C(F)(F)F. The molecule has 0 aliphatic heterocycles. The first kappa shape index (κ1) is 20.5. The monoisotopic (exact) mass is 361 g/mol. The molecule has 0 aromatic heterocycles. The summed E-state index contributed by atoms with van der Waals surface area (Å²) >= 11 is 0. The minimum Gasteiger partial charge on any atom is -0.399 e. The van der Waals surface area contributed by atoms with Crippen LogP contribution in [0.15, 0.2) is 24.3 Å². The fourth-order valence-corrected chi connectivity index (χ4v) is 1.95. The van der Waals surface area contributed by atoms with Gasteiger partial charge in [0.2, 0.25) is 0 Å². The van der Waals surface area contributed by atoms with E-state index in [0.717, 1.165) is 12.1 Å². The van der Waals surface area contributed by atoms with E-state index >= 15 is 0 Å². The molecule has 0 saturated heterocycles. The van der Waals surface area contributed by atoms with E-state index in [1.54, 1.807) is 0 Å². The number of hydrogen-bond acceptors (Lipinski definition) is 4. The summed E-state index contributed by atoms with van der Waals surface area (Å²) in [5, 5.41) is 0. The highest BCUT2D eigenvalue weighted by Gasteiger charge is 2.73. The average Bonchev–Trinajstić information content (AvgIpc) is 2.45. The van der Waals surface area contributed by atoms with Crippen LogP contribution in [0.2, 0.25) is 0 Å². The van der Waals surface area contributed by atoms with Gasteiger partial charge < -0.3 is 19.9 Å². The van der Waals surface area contributed by atoms with E-state index in [9.17, 15) is 26.3 Å². The Balaban J connectivity index is 3.08. The second-order valence-electron chi connectivity index (χ2n) is 4.75. The third kappa shape index (κ3) is 4.52. The molecule has 0 fully saturated rings. The lowest BCUT2D eigenvalue weighted by molar-refractivity contribution is -0.390. The van der Waals surface area contributed by atoms with Gasteiger partial charge in [-0.25, -0.2) is 0 Å². The summed E-state index contributed by atoms with van der Waals surface area (Å²) in [6.45, 7) is -1.19. The molecule has 0 aliphatic rings. The van der Waals surface area contributed by atoms with E-state index in [4.69, 9.17) is 10.5 Å². The number of nitrogen functional groups attached to an aromatic ring is 1. The highest BCUT2D eigenvalue weighted by Crippen LogP contribution is 2.52. The number of benzene rings is 1. The molecule has 4 nitrogen and oxygen atoms in total. The quantitative estimate of drug-likeness (QED) is 0.439. The van der Waals surface area contributed by atoms with Crippen molar-refractivity contribution < 1.29 is 40.6 Å². The third-order valence-electron chi connectivity index (χ3n) is 3.09. The molecule has 24 heavy (non-hydrogen) atoms. The van der Waals surface area contributed by atoms with Gasteiger partial charge in [0.05, 0.1) is 26.4 Å². The normalized spacial score (nSPS) is 13.3. The summed E-state index contributed by atoms with van der Waals surface area (Å²) in [7, 11) is 1.37. The third-order valence-corrected chi connectivity index (χ3v) is 3.09. The van der Waals surface area contributed by atoms with Crippen LogP contribution in [-0.2, 0) is 19.8 Å². The predicted molar refractivity (Wildman–Crippen MR) is 73.3 cm³/mol. The van der Waals surface area contributed by atoms with Crippen molar-refractivity contribution in [3.8, 4) is 0 Å². The molecule has 0 aliphatic carbocycles. The molecule has 0 radical (unpaired) electrons. The molecular formula is C14H17F6NO3. The maximum absolute atomic E-state index is 13.4. The summed E-state index contributed by atoms with van der Waals surface area (Å²) < 4.78 is 93.9. The molecule has 0 saturated carbocycles.